The largest absolute Gasteiger partial charge is 0.626 e. The van der Waals surface area contributed by atoms with Crippen LogP contribution in [0, 0.1) is 0 Å². The fourth-order valence-corrected chi connectivity index (χ4v) is 1.35. The second-order valence-electron chi connectivity index (χ2n) is 3.59. The molecule has 1 aromatic carbocycles. The number of hydrazone groups is 1. The lowest BCUT2D eigenvalue weighted by atomic mass is 10.2. The van der Waals surface area contributed by atoms with E-state index in [0.717, 1.165) is 10.2 Å². The normalized spacial score (nSPS) is 11.2. The van der Waals surface area contributed by atoms with E-state index in [1.807, 2.05) is 30.3 Å². The number of amides is 1. The van der Waals surface area contributed by atoms with Crippen LogP contribution in [0.4, 0.5) is 4.79 Å². The Hall–Kier alpha value is -2.56. The first-order valence-electron chi connectivity index (χ1n) is 5.39. The van der Waals surface area contributed by atoms with Gasteiger partial charge in [-0.2, -0.15) is 10.6 Å². The first kappa shape index (κ1) is 11.9. The van der Waals surface area contributed by atoms with Crippen LogP contribution in [-0.2, 0) is 11.3 Å². The topological polar surface area (TPSA) is 68.5 Å². The molecular weight excluding hydrogens is 232 g/mol. The van der Waals surface area contributed by atoms with E-state index in [9.17, 15) is 4.79 Å². The predicted octanol–water partition coefficient (Wildman–Crippen LogP) is 1.92. The zero-order chi connectivity index (χ0) is 12.8. The first-order valence-corrected chi connectivity index (χ1v) is 5.39. The number of nitrogens with two attached hydrogens (primary N) is 1. The summed E-state index contributed by atoms with van der Waals surface area (Å²) in [5.41, 5.74) is 0.900. The Morgan fingerprint density at radius 3 is 2.72 bits per heavy atom. The van der Waals surface area contributed by atoms with Crippen molar-refractivity contribution in [3.05, 3.63) is 60.1 Å². The van der Waals surface area contributed by atoms with Crippen molar-refractivity contribution in [3.8, 4) is 0 Å². The number of rotatable bonds is 3. The molecule has 0 fully saturated rings. The molecule has 0 atom stereocenters. The van der Waals surface area contributed by atoms with Gasteiger partial charge in [-0.3, -0.25) is 0 Å². The molecule has 0 saturated heterocycles. The Morgan fingerprint density at radius 1 is 1.28 bits per heavy atom. The summed E-state index contributed by atoms with van der Waals surface area (Å²) in [7, 11) is 0. The van der Waals surface area contributed by atoms with E-state index in [-0.39, 0.29) is 6.61 Å². The number of hydrogen-bond acceptors (Lipinski definition) is 4. The Balaban J connectivity index is 1.92. The van der Waals surface area contributed by atoms with Crippen molar-refractivity contribution in [3.63, 3.8) is 0 Å². The summed E-state index contributed by atoms with van der Waals surface area (Å²) >= 11 is 0. The number of hydrogen-bond donors (Lipinski definition) is 1. The molecule has 1 aromatic heterocycles. The molecule has 18 heavy (non-hydrogen) atoms. The molecule has 92 valence electrons. The number of benzene rings is 1. The van der Waals surface area contributed by atoms with Crippen LogP contribution in [-0.4, -0.2) is 17.0 Å². The van der Waals surface area contributed by atoms with E-state index in [1.54, 1.807) is 12.1 Å². The van der Waals surface area contributed by atoms with E-state index in [2.05, 4.69) is 0 Å². The molecule has 1 amide bonds. The molecule has 0 bridgehead atoms. The maximum absolute atomic E-state index is 11.5. The average molecular weight is 245 g/mol. The summed E-state index contributed by atoms with van der Waals surface area (Å²) in [6, 6.07) is 12.8. The van der Waals surface area contributed by atoms with Crippen LogP contribution in [0.2, 0.25) is 0 Å². The lowest BCUT2D eigenvalue weighted by molar-refractivity contribution is -0.454. The van der Waals surface area contributed by atoms with Crippen LogP contribution in [0.25, 0.3) is 0 Å². The highest BCUT2D eigenvalue weighted by Crippen LogP contribution is 2.01. The number of nitrogens with zero attached hydrogens (tertiary/aromatic N) is 1. The number of ether oxygens (including phenoxy) is 1. The van der Waals surface area contributed by atoms with Gasteiger partial charge in [0, 0.05) is 0 Å². The molecule has 0 aliphatic rings. The van der Waals surface area contributed by atoms with Crippen molar-refractivity contribution in [2.45, 2.75) is 6.61 Å². The molecule has 5 nitrogen and oxygen atoms in total. The number of hydrazine groups is 1. The highest BCUT2D eigenvalue weighted by Gasteiger charge is 2.17. The highest BCUT2D eigenvalue weighted by atomic mass is 16.6. The summed E-state index contributed by atoms with van der Waals surface area (Å²) in [6.07, 6.45) is 2.21. The maximum Gasteiger partial charge on any atom is 0.626 e. The van der Waals surface area contributed by atoms with Gasteiger partial charge in [-0.15, -0.1) is 0 Å². The van der Waals surface area contributed by atoms with Gasteiger partial charge < -0.3 is 9.15 Å². The summed E-state index contributed by atoms with van der Waals surface area (Å²) in [6.45, 7) is 0.180. The van der Waals surface area contributed by atoms with Crippen LogP contribution in [0.5, 0.6) is 0 Å². The zero-order valence-corrected chi connectivity index (χ0v) is 9.65. The van der Waals surface area contributed by atoms with Gasteiger partial charge in [0.2, 0.25) is 6.21 Å². The molecule has 2 N–H and O–H groups in total. The third-order valence-electron chi connectivity index (χ3n) is 2.23. The fraction of sp³-hybridized carbons (Fsp3) is 0.0769. The second-order valence-corrected chi connectivity index (χ2v) is 3.59. The molecule has 0 saturated carbocycles. The Kier molecular flexibility index (Phi) is 3.76. The van der Waals surface area contributed by atoms with Crippen molar-refractivity contribution in [1.29, 1.82) is 0 Å². The molecule has 2 rings (SSSR count). The molecule has 0 spiro atoms. The van der Waals surface area contributed by atoms with Gasteiger partial charge in [0.05, 0.1) is 6.26 Å². The minimum Gasteiger partial charge on any atom is -0.459 e. The highest BCUT2D eigenvalue weighted by molar-refractivity contribution is 5.76. The second kappa shape index (κ2) is 5.67. The van der Waals surface area contributed by atoms with Crippen LogP contribution in [0.15, 0.2) is 53.1 Å². The van der Waals surface area contributed by atoms with E-state index in [0.29, 0.717) is 5.76 Å². The first-order chi connectivity index (χ1) is 8.75. The Morgan fingerprint density at radius 2 is 2.06 bits per heavy atom. The van der Waals surface area contributed by atoms with Crippen molar-refractivity contribution in [2.75, 3.05) is 0 Å². The predicted molar refractivity (Wildman–Crippen MR) is 64.9 cm³/mol. The monoisotopic (exact) mass is 245 g/mol. The molecule has 0 aliphatic carbocycles. The maximum atomic E-state index is 11.5. The SMILES string of the molecule is N/[N+](=C\c1ccco1)C(=O)OCc1ccccc1. The third-order valence-corrected chi connectivity index (χ3v) is 2.23. The van der Waals surface area contributed by atoms with Crippen molar-refractivity contribution >= 4 is 12.3 Å². The van der Waals surface area contributed by atoms with Gasteiger partial charge in [0.1, 0.15) is 6.61 Å². The van der Waals surface area contributed by atoms with E-state index >= 15 is 0 Å². The zero-order valence-electron chi connectivity index (χ0n) is 9.65. The lowest BCUT2D eigenvalue weighted by Crippen LogP contribution is -2.29. The fourth-order valence-electron chi connectivity index (χ4n) is 1.35. The molecule has 0 aliphatic heterocycles. The standard InChI is InChI=1S/C13H13N2O3/c14-15(9-12-7-4-8-17-12)13(16)18-10-11-5-2-1-3-6-11/h1-9H,10,14H2/q+1/b15-9-. The quantitative estimate of drug-likeness (QED) is 0.295. The molecule has 1 heterocycles. The van der Waals surface area contributed by atoms with Gasteiger partial charge in [-0.05, 0) is 22.4 Å². The van der Waals surface area contributed by atoms with Crippen LogP contribution in [0.1, 0.15) is 11.3 Å². The van der Waals surface area contributed by atoms with E-state index in [4.69, 9.17) is 15.0 Å². The van der Waals surface area contributed by atoms with Crippen molar-refractivity contribution in [2.24, 2.45) is 5.84 Å². The average Bonchev–Trinajstić information content (AvgIpc) is 2.90. The summed E-state index contributed by atoms with van der Waals surface area (Å²) < 4.78 is 10.9. The molecule has 2 aromatic rings. The van der Waals surface area contributed by atoms with E-state index in [1.165, 1.54) is 12.5 Å². The Bertz CT molecular complexity index is 533. The van der Waals surface area contributed by atoms with Crippen molar-refractivity contribution < 1.29 is 18.6 Å². The summed E-state index contributed by atoms with van der Waals surface area (Å²) in [5.74, 6) is 6.00. The molecule has 5 heteroatoms. The third kappa shape index (κ3) is 3.21. The van der Waals surface area contributed by atoms with Crippen LogP contribution >= 0.6 is 0 Å². The number of carbonyl (C=O) groups is 1. The van der Waals surface area contributed by atoms with Crippen LogP contribution in [0.3, 0.4) is 0 Å². The number of carbonyl (C=O) groups excluding carboxylic acids is 1. The van der Waals surface area contributed by atoms with Gasteiger partial charge >= 0.3 is 6.09 Å². The molecular formula is C13H13N2O3+. The Labute approximate surface area is 104 Å². The number of furan rings is 1. The van der Waals surface area contributed by atoms with Gasteiger partial charge in [-0.1, -0.05) is 30.3 Å². The molecule has 0 radical (unpaired) electrons. The van der Waals surface area contributed by atoms with Crippen molar-refractivity contribution in [1.82, 2.24) is 0 Å². The lowest BCUT2D eigenvalue weighted by Gasteiger charge is -1.99. The van der Waals surface area contributed by atoms with Gasteiger partial charge in [0.25, 0.3) is 0 Å². The minimum atomic E-state index is -0.643. The van der Waals surface area contributed by atoms with Crippen LogP contribution < -0.4 is 5.84 Å². The van der Waals surface area contributed by atoms with Gasteiger partial charge in [-0.25, -0.2) is 0 Å². The smallest absolute Gasteiger partial charge is 0.459 e. The summed E-state index contributed by atoms with van der Waals surface area (Å²) in [5, 5.41) is 0. The minimum absolute atomic E-state index is 0.180. The van der Waals surface area contributed by atoms with E-state index < -0.39 is 6.09 Å². The molecule has 0 unspecified atom stereocenters. The summed E-state index contributed by atoms with van der Waals surface area (Å²) in [4.78, 5) is 11.5. The van der Waals surface area contributed by atoms with Gasteiger partial charge in [0.15, 0.2) is 5.76 Å².